The predicted molar refractivity (Wildman–Crippen MR) is 76.2 cm³/mol. The average Bonchev–Trinajstić information content (AvgIpc) is 2.47. The summed E-state index contributed by atoms with van der Waals surface area (Å²) in [6.45, 7) is 3.93. The molecule has 1 heterocycles. The maximum atomic E-state index is 9.32. The zero-order valence-corrected chi connectivity index (χ0v) is 11.7. The minimum atomic E-state index is -0.265. The quantitative estimate of drug-likeness (QED) is 0.329. The van der Waals surface area contributed by atoms with Crippen LogP contribution in [0.25, 0.3) is 0 Å². The minimum Gasteiger partial charge on any atom is -0.358 e. The summed E-state index contributed by atoms with van der Waals surface area (Å²) in [5.74, 6) is 0.411. The molecule has 0 amide bonds. The third-order valence-electron chi connectivity index (χ3n) is 3.34. The maximum absolute atomic E-state index is 9.32. The van der Waals surface area contributed by atoms with Crippen molar-refractivity contribution in [2.75, 3.05) is 13.1 Å². The van der Waals surface area contributed by atoms with Gasteiger partial charge in [0.15, 0.2) is 0 Å². The van der Waals surface area contributed by atoms with Crippen LogP contribution in [-0.2, 0) is 0 Å². The zero-order chi connectivity index (χ0) is 13.9. The van der Waals surface area contributed by atoms with Crippen LogP contribution in [0.4, 0.5) is 0 Å². The Bertz CT molecular complexity index is 391. The summed E-state index contributed by atoms with van der Waals surface area (Å²) in [6.07, 6.45) is 12.2. The zero-order valence-electron chi connectivity index (χ0n) is 11.7. The van der Waals surface area contributed by atoms with Crippen LogP contribution in [0.15, 0.2) is 17.1 Å². The number of amidine groups is 1. The maximum Gasteiger partial charge on any atom is 0.207 e. The fourth-order valence-electron chi connectivity index (χ4n) is 2.34. The molecule has 1 atom stereocenters. The van der Waals surface area contributed by atoms with E-state index in [1.807, 2.05) is 6.19 Å². The Morgan fingerprint density at radius 2 is 2.00 bits per heavy atom. The standard InChI is InChI=1S/C15H22N4/c1-2-3-4-6-9-14(12-16)15(18-13-17)19-10-7-5-8-11-19/h3-4,14H,2,5-11H2,1H3. The molecule has 1 saturated heterocycles. The monoisotopic (exact) mass is 258 g/mol. The number of hydrogen-bond acceptors (Lipinski definition) is 3. The van der Waals surface area contributed by atoms with Crippen LogP contribution >= 0.6 is 0 Å². The van der Waals surface area contributed by atoms with Gasteiger partial charge in [-0.1, -0.05) is 19.1 Å². The van der Waals surface area contributed by atoms with Crippen LogP contribution < -0.4 is 0 Å². The van der Waals surface area contributed by atoms with Crippen molar-refractivity contribution in [2.45, 2.75) is 45.4 Å². The van der Waals surface area contributed by atoms with E-state index in [-0.39, 0.29) is 5.92 Å². The first-order chi connectivity index (χ1) is 9.33. The summed E-state index contributed by atoms with van der Waals surface area (Å²) in [5.41, 5.74) is 0. The van der Waals surface area contributed by atoms with Gasteiger partial charge in [-0.05, 0) is 38.5 Å². The highest BCUT2D eigenvalue weighted by Crippen LogP contribution is 2.17. The summed E-state index contributed by atoms with van der Waals surface area (Å²) in [6, 6.07) is 2.30. The topological polar surface area (TPSA) is 63.2 Å². The van der Waals surface area contributed by atoms with Crippen molar-refractivity contribution in [2.24, 2.45) is 10.9 Å². The molecule has 19 heavy (non-hydrogen) atoms. The summed E-state index contributed by atoms with van der Waals surface area (Å²) in [4.78, 5) is 6.03. The van der Waals surface area contributed by atoms with Gasteiger partial charge in [0.05, 0.1) is 6.07 Å². The Balaban J connectivity index is 2.67. The van der Waals surface area contributed by atoms with Gasteiger partial charge in [0.2, 0.25) is 6.19 Å². The second-order valence-electron chi connectivity index (χ2n) is 4.76. The molecule has 4 nitrogen and oxygen atoms in total. The molecule has 1 aliphatic rings. The molecule has 0 aliphatic carbocycles. The molecule has 0 aromatic heterocycles. The lowest BCUT2D eigenvalue weighted by Gasteiger charge is -2.31. The summed E-state index contributed by atoms with van der Waals surface area (Å²) in [5, 5.41) is 18.2. The van der Waals surface area contributed by atoms with E-state index in [9.17, 15) is 5.26 Å². The molecule has 102 valence electrons. The van der Waals surface area contributed by atoms with Gasteiger partial charge < -0.3 is 4.90 Å². The van der Waals surface area contributed by atoms with E-state index in [0.29, 0.717) is 5.84 Å². The summed E-state index contributed by atoms with van der Waals surface area (Å²) < 4.78 is 0. The molecular formula is C15H22N4. The largest absolute Gasteiger partial charge is 0.358 e. The number of hydrogen-bond donors (Lipinski definition) is 0. The van der Waals surface area contributed by atoms with Gasteiger partial charge >= 0.3 is 0 Å². The lowest BCUT2D eigenvalue weighted by Crippen LogP contribution is -2.39. The highest BCUT2D eigenvalue weighted by molar-refractivity contribution is 5.87. The first-order valence-corrected chi connectivity index (χ1v) is 7.09. The van der Waals surface area contributed by atoms with E-state index in [1.165, 1.54) is 6.42 Å². The van der Waals surface area contributed by atoms with Crippen LogP contribution in [0.5, 0.6) is 0 Å². The van der Waals surface area contributed by atoms with Crippen molar-refractivity contribution in [3.8, 4) is 12.3 Å². The second-order valence-corrected chi connectivity index (χ2v) is 4.76. The molecule has 4 heteroatoms. The van der Waals surface area contributed by atoms with E-state index < -0.39 is 0 Å². The van der Waals surface area contributed by atoms with Gasteiger partial charge in [0, 0.05) is 13.1 Å². The Labute approximate surface area is 116 Å². The number of piperidine rings is 1. The number of allylic oxidation sites excluding steroid dienone is 2. The third kappa shape index (κ3) is 5.14. The van der Waals surface area contributed by atoms with Gasteiger partial charge in [-0.2, -0.15) is 15.5 Å². The number of aliphatic imine (C=N–C) groups is 1. The van der Waals surface area contributed by atoms with Crippen molar-refractivity contribution in [1.29, 1.82) is 10.5 Å². The van der Waals surface area contributed by atoms with Crippen LogP contribution in [0.1, 0.15) is 45.4 Å². The molecule has 0 N–H and O–H groups in total. The van der Waals surface area contributed by atoms with Gasteiger partial charge in [-0.15, -0.1) is 0 Å². The predicted octanol–water partition coefficient (Wildman–Crippen LogP) is 3.24. The highest BCUT2D eigenvalue weighted by atomic mass is 15.2. The van der Waals surface area contributed by atoms with Crippen molar-refractivity contribution < 1.29 is 0 Å². The average molecular weight is 258 g/mol. The van der Waals surface area contributed by atoms with Gasteiger partial charge in [-0.25, -0.2) is 0 Å². The van der Waals surface area contributed by atoms with Gasteiger partial charge in [-0.3, -0.25) is 0 Å². The molecule has 0 bridgehead atoms. The Morgan fingerprint density at radius 3 is 2.58 bits per heavy atom. The molecule has 0 radical (unpaired) electrons. The van der Waals surface area contributed by atoms with E-state index in [2.05, 4.69) is 35.0 Å². The van der Waals surface area contributed by atoms with Crippen molar-refractivity contribution in [3.05, 3.63) is 12.2 Å². The second kappa shape index (κ2) is 9.16. The van der Waals surface area contributed by atoms with E-state index >= 15 is 0 Å². The molecule has 0 spiro atoms. The molecule has 1 fully saturated rings. The van der Waals surface area contributed by atoms with E-state index in [4.69, 9.17) is 5.26 Å². The molecule has 0 aromatic rings. The molecule has 1 aliphatic heterocycles. The van der Waals surface area contributed by atoms with Crippen LogP contribution in [-0.4, -0.2) is 23.8 Å². The SMILES string of the molecule is CCC=CCCC(C#N)C(=NC#N)N1CCCCC1. The minimum absolute atomic E-state index is 0.265. The molecule has 1 rings (SSSR count). The Morgan fingerprint density at radius 1 is 1.26 bits per heavy atom. The number of nitriles is 2. The molecule has 1 unspecified atom stereocenters. The van der Waals surface area contributed by atoms with Crippen LogP contribution in [0.2, 0.25) is 0 Å². The number of nitrogens with zero attached hydrogens (tertiary/aromatic N) is 4. The van der Waals surface area contributed by atoms with E-state index in [1.54, 1.807) is 0 Å². The van der Waals surface area contributed by atoms with Gasteiger partial charge in [0.25, 0.3) is 0 Å². The fraction of sp³-hybridized carbons (Fsp3) is 0.667. The Kier molecular flexibility index (Phi) is 7.35. The van der Waals surface area contributed by atoms with E-state index in [0.717, 1.165) is 45.2 Å². The third-order valence-corrected chi connectivity index (χ3v) is 3.34. The summed E-state index contributed by atoms with van der Waals surface area (Å²) in [7, 11) is 0. The number of rotatable bonds is 5. The van der Waals surface area contributed by atoms with Crippen molar-refractivity contribution in [1.82, 2.24) is 4.90 Å². The van der Waals surface area contributed by atoms with Gasteiger partial charge in [0.1, 0.15) is 11.8 Å². The summed E-state index contributed by atoms with van der Waals surface area (Å²) >= 11 is 0. The lowest BCUT2D eigenvalue weighted by molar-refractivity contribution is 0.330. The van der Waals surface area contributed by atoms with Crippen molar-refractivity contribution >= 4 is 5.84 Å². The first-order valence-electron chi connectivity index (χ1n) is 7.09. The fourth-order valence-corrected chi connectivity index (χ4v) is 2.34. The Hall–Kier alpha value is -1.81. The molecule has 0 saturated carbocycles. The van der Waals surface area contributed by atoms with Crippen LogP contribution in [0, 0.1) is 28.7 Å². The number of likely N-dealkylation sites (tertiary alicyclic amines) is 1. The normalized spacial score (nSPS) is 18.1. The van der Waals surface area contributed by atoms with Crippen LogP contribution in [0.3, 0.4) is 0 Å². The lowest BCUT2D eigenvalue weighted by atomic mass is 10.0. The molecule has 0 aromatic carbocycles. The van der Waals surface area contributed by atoms with Crippen molar-refractivity contribution in [3.63, 3.8) is 0 Å². The highest BCUT2D eigenvalue weighted by Gasteiger charge is 2.23. The first kappa shape index (κ1) is 15.2. The molecular weight excluding hydrogens is 236 g/mol. The smallest absolute Gasteiger partial charge is 0.207 e.